The number of urea groups is 1. The van der Waals surface area contributed by atoms with Crippen molar-refractivity contribution in [1.29, 1.82) is 0 Å². The Morgan fingerprint density at radius 2 is 2.03 bits per heavy atom. The first-order chi connectivity index (χ1) is 15.8. The summed E-state index contributed by atoms with van der Waals surface area (Å²) < 4.78 is 68.8. The van der Waals surface area contributed by atoms with E-state index in [0.29, 0.717) is 23.4 Å². The molecule has 0 radical (unpaired) electrons. The number of carbonyl (C=O) groups excluding carboxylic acids is 2. The number of benzene rings is 1. The van der Waals surface area contributed by atoms with Gasteiger partial charge in [-0.15, -0.1) is 0 Å². The van der Waals surface area contributed by atoms with E-state index in [9.17, 15) is 32.3 Å². The minimum absolute atomic E-state index is 0.0938. The first-order valence-corrected chi connectivity index (χ1v) is 10.4. The molecule has 2 aliphatic rings. The zero-order valence-electron chi connectivity index (χ0n) is 18.3. The maximum atomic E-state index is 15.0. The molecule has 1 aromatic heterocycles. The zero-order chi connectivity index (χ0) is 25.0. The molecule has 0 bridgehead atoms. The normalized spacial score (nSPS) is 22.8. The second-order valence-corrected chi connectivity index (χ2v) is 8.71. The van der Waals surface area contributed by atoms with E-state index in [0.717, 1.165) is 11.0 Å². The molecule has 4 rings (SSSR count). The molecule has 3 heterocycles. The van der Waals surface area contributed by atoms with Crippen LogP contribution in [-0.2, 0) is 25.7 Å². The number of amides is 3. The van der Waals surface area contributed by atoms with Crippen LogP contribution < -0.4 is 5.32 Å². The van der Waals surface area contributed by atoms with E-state index < -0.39 is 47.8 Å². The highest BCUT2D eigenvalue weighted by Gasteiger charge is 2.42. The highest BCUT2D eigenvalue weighted by atomic mass is 19.4. The molecule has 0 unspecified atom stereocenters. The van der Waals surface area contributed by atoms with Crippen LogP contribution in [0.25, 0.3) is 0 Å². The number of nitrogens with zero attached hydrogens (tertiary/aromatic N) is 4. The third kappa shape index (κ3) is 4.19. The number of aliphatic hydroxyl groups excluding tert-OH is 1. The first-order valence-electron chi connectivity index (χ1n) is 10.4. The smallest absolute Gasteiger partial charge is 0.393 e. The highest BCUT2D eigenvalue weighted by molar-refractivity contribution is 5.95. The predicted molar refractivity (Wildman–Crippen MR) is 109 cm³/mol. The topological polar surface area (TPSA) is 90.7 Å². The monoisotopic (exact) mass is 487 g/mol. The number of hydrogen-bond donors (Lipinski definition) is 2. The summed E-state index contributed by atoms with van der Waals surface area (Å²) in [6.07, 6.45) is -4.71. The summed E-state index contributed by atoms with van der Waals surface area (Å²) in [5, 5.41) is 16.2. The summed E-state index contributed by atoms with van der Waals surface area (Å²) in [6, 6.07) is 0.945. The van der Waals surface area contributed by atoms with Crippen molar-refractivity contribution in [2.45, 2.75) is 44.3 Å². The molecular weight excluding hydrogens is 465 g/mol. The molecule has 0 spiro atoms. The number of anilines is 1. The lowest BCUT2D eigenvalue weighted by Crippen LogP contribution is -2.45. The van der Waals surface area contributed by atoms with Gasteiger partial charge in [-0.05, 0) is 25.1 Å². The molecule has 2 aromatic rings. The molecule has 8 nitrogen and oxygen atoms in total. The number of fused-ring (bicyclic) bond motifs is 3. The third-order valence-corrected chi connectivity index (χ3v) is 6.05. The van der Waals surface area contributed by atoms with Crippen molar-refractivity contribution in [3.8, 4) is 0 Å². The Kier molecular flexibility index (Phi) is 5.78. The van der Waals surface area contributed by atoms with Crippen LogP contribution >= 0.6 is 0 Å². The summed E-state index contributed by atoms with van der Waals surface area (Å²) in [6.45, 7) is 0.103. The molecule has 2 aliphatic heterocycles. The molecule has 13 heteroatoms. The average molecular weight is 487 g/mol. The van der Waals surface area contributed by atoms with Crippen molar-refractivity contribution in [2.24, 2.45) is 0 Å². The Bertz CT molecular complexity index is 1150. The quantitative estimate of drug-likeness (QED) is 0.638. The molecule has 3 amide bonds. The minimum atomic E-state index is -4.93. The van der Waals surface area contributed by atoms with Crippen LogP contribution in [0.5, 0.6) is 0 Å². The van der Waals surface area contributed by atoms with Gasteiger partial charge in [0.15, 0.2) is 5.67 Å². The molecular formula is C21H22F5N5O3. The highest BCUT2D eigenvalue weighted by Crippen LogP contribution is 2.34. The maximum absolute atomic E-state index is 15.0. The summed E-state index contributed by atoms with van der Waals surface area (Å²) in [5.41, 5.74) is -2.85. The second kappa shape index (κ2) is 8.22. The van der Waals surface area contributed by atoms with Crippen molar-refractivity contribution >= 4 is 17.6 Å². The Hall–Kier alpha value is -3.22. The number of halogens is 5. The van der Waals surface area contributed by atoms with Gasteiger partial charge in [0.25, 0.3) is 5.91 Å². The molecule has 1 aromatic carbocycles. The number of carbonyl (C=O) groups is 2. The standard InChI is InChI=1S/C21H22F5N5O3/c1-11-5-16-13(17-18(33)29(2)8-20(23,10-32)9-31(17)28-16)7-30(11)19(34)27-12-3-4-15(22)14(6-12)21(24,25)26/h3-4,6,11,32H,5,7-10H2,1-2H3,(H,27,34)/t11-,20-/m1/s1. The van der Waals surface area contributed by atoms with Crippen molar-refractivity contribution in [2.75, 3.05) is 25.5 Å². The summed E-state index contributed by atoms with van der Waals surface area (Å²) >= 11 is 0. The average Bonchev–Trinajstić information content (AvgIpc) is 3.04. The van der Waals surface area contributed by atoms with Crippen LogP contribution in [0.1, 0.15) is 34.2 Å². The number of aliphatic hydroxyl groups is 1. The molecule has 2 N–H and O–H groups in total. The summed E-state index contributed by atoms with van der Waals surface area (Å²) in [4.78, 5) is 28.3. The third-order valence-electron chi connectivity index (χ3n) is 6.05. The fourth-order valence-corrected chi connectivity index (χ4v) is 4.33. The summed E-state index contributed by atoms with van der Waals surface area (Å²) in [7, 11) is 1.39. The van der Waals surface area contributed by atoms with Gasteiger partial charge in [-0.2, -0.15) is 18.3 Å². The zero-order valence-corrected chi connectivity index (χ0v) is 18.3. The number of aromatic nitrogens is 2. The molecule has 0 aliphatic carbocycles. The fraction of sp³-hybridized carbons (Fsp3) is 0.476. The largest absolute Gasteiger partial charge is 0.419 e. The van der Waals surface area contributed by atoms with Crippen molar-refractivity contribution in [3.05, 3.63) is 46.5 Å². The van der Waals surface area contributed by atoms with Gasteiger partial charge in [0.05, 0.1) is 37.5 Å². The predicted octanol–water partition coefficient (Wildman–Crippen LogP) is 2.81. The lowest BCUT2D eigenvalue weighted by atomic mass is 9.99. The lowest BCUT2D eigenvalue weighted by molar-refractivity contribution is -0.139. The fourth-order valence-electron chi connectivity index (χ4n) is 4.33. The van der Waals surface area contributed by atoms with E-state index in [1.807, 2.05) is 0 Å². The number of nitrogens with one attached hydrogen (secondary N) is 1. The minimum Gasteiger partial charge on any atom is -0.393 e. The van der Waals surface area contributed by atoms with Crippen LogP contribution in [-0.4, -0.2) is 68.5 Å². The molecule has 0 fully saturated rings. The Balaban J connectivity index is 1.62. The maximum Gasteiger partial charge on any atom is 0.419 e. The number of hydrogen-bond acceptors (Lipinski definition) is 4. The Morgan fingerprint density at radius 3 is 2.68 bits per heavy atom. The van der Waals surface area contributed by atoms with E-state index >= 15 is 4.39 Å². The van der Waals surface area contributed by atoms with E-state index in [1.165, 1.54) is 16.6 Å². The van der Waals surface area contributed by atoms with E-state index in [-0.39, 0.29) is 37.4 Å². The SMILES string of the molecule is C[C@@H]1Cc2nn3c(c2CN1C(=O)Nc1ccc(F)c(C(F)(F)F)c1)C(=O)N(C)C[C@](F)(CO)C3. The Morgan fingerprint density at radius 1 is 1.32 bits per heavy atom. The Labute approximate surface area is 190 Å². The van der Waals surface area contributed by atoms with Crippen LogP contribution in [0, 0.1) is 5.82 Å². The van der Waals surface area contributed by atoms with Gasteiger partial charge in [-0.3, -0.25) is 9.48 Å². The lowest BCUT2D eigenvalue weighted by Gasteiger charge is -2.33. The van der Waals surface area contributed by atoms with Crippen molar-refractivity contribution in [1.82, 2.24) is 19.6 Å². The van der Waals surface area contributed by atoms with Crippen LogP contribution in [0.15, 0.2) is 18.2 Å². The van der Waals surface area contributed by atoms with E-state index in [4.69, 9.17) is 0 Å². The van der Waals surface area contributed by atoms with Gasteiger partial charge in [0.2, 0.25) is 0 Å². The van der Waals surface area contributed by atoms with Gasteiger partial charge in [0.1, 0.15) is 11.5 Å². The molecule has 184 valence electrons. The first kappa shape index (κ1) is 23.9. The van der Waals surface area contributed by atoms with Gasteiger partial charge in [-0.25, -0.2) is 13.6 Å². The van der Waals surface area contributed by atoms with Crippen molar-refractivity contribution in [3.63, 3.8) is 0 Å². The number of rotatable bonds is 2. The second-order valence-electron chi connectivity index (χ2n) is 8.71. The van der Waals surface area contributed by atoms with Gasteiger partial charge in [0, 0.05) is 30.8 Å². The number of alkyl halides is 4. The molecule has 34 heavy (non-hydrogen) atoms. The van der Waals surface area contributed by atoms with Crippen LogP contribution in [0.4, 0.5) is 32.4 Å². The van der Waals surface area contributed by atoms with Crippen molar-refractivity contribution < 1.29 is 36.6 Å². The van der Waals surface area contributed by atoms with Gasteiger partial charge in [-0.1, -0.05) is 0 Å². The van der Waals surface area contributed by atoms with E-state index in [2.05, 4.69) is 10.4 Å². The van der Waals surface area contributed by atoms with Crippen LogP contribution in [0.3, 0.4) is 0 Å². The van der Waals surface area contributed by atoms with Gasteiger partial charge >= 0.3 is 12.2 Å². The van der Waals surface area contributed by atoms with Crippen LogP contribution in [0.2, 0.25) is 0 Å². The molecule has 0 saturated carbocycles. The van der Waals surface area contributed by atoms with E-state index in [1.54, 1.807) is 6.92 Å². The summed E-state index contributed by atoms with van der Waals surface area (Å²) in [5.74, 6) is -1.98. The molecule has 0 saturated heterocycles. The van der Waals surface area contributed by atoms with Gasteiger partial charge < -0.3 is 20.2 Å². The molecule has 2 atom stereocenters.